The molecule has 96 valence electrons. The molecule has 0 radical (unpaired) electrons. The van der Waals surface area contributed by atoms with Crippen LogP contribution < -0.4 is 4.74 Å². The van der Waals surface area contributed by atoms with E-state index in [-0.39, 0.29) is 10.6 Å². The summed E-state index contributed by atoms with van der Waals surface area (Å²) in [5, 5.41) is 4.07. The van der Waals surface area contributed by atoms with Crippen molar-refractivity contribution in [2.24, 2.45) is 7.05 Å². The quantitative estimate of drug-likeness (QED) is 0.839. The highest BCUT2D eigenvalue weighted by atomic mass is 32.2. The summed E-state index contributed by atoms with van der Waals surface area (Å²) in [5.74, 6) is 0.534. The van der Waals surface area contributed by atoms with E-state index in [0.29, 0.717) is 11.4 Å². The van der Waals surface area contributed by atoms with Gasteiger partial charge >= 0.3 is 0 Å². The Morgan fingerprint density at radius 3 is 2.39 bits per heavy atom. The minimum absolute atomic E-state index is 0.0971. The summed E-state index contributed by atoms with van der Waals surface area (Å²) in [5.41, 5.74) is 0.535. The second-order valence-corrected chi connectivity index (χ2v) is 5.90. The van der Waals surface area contributed by atoms with Gasteiger partial charge in [0.2, 0.25) is 0 Å². The molecule has 0 aliphatic heterocycles. The molecule has 1 aromatic heterocycles. The van der Waals surface area contributed by atoms with E-state index < -0.39 is 9.84 Å². The molecule has 18 heavy (non-hydrogen) atoms. The zero-order chi connectivity index (χ0) is 13.2. The largest absolute Gasteiger partial charge is 0.497 e. The van der Waals surface area contributed by atoms with E-state index in [1.54, 1.807) is 36.1 Å². The maximum atomic E-state index is 12.1. The smallest absolute Gasteiger partial charge is 0.184 e. The van der Waals surface area contributed by atoms with Crippen LogP contribution in [0.1, 0.15) is 5.69 Å². The molecular formula is C12H14N2O3S. The molecule has 0 N–H and O–H groups in total. The topological polar surface area (TPSA) is 61.2 Å². The molecule has 0 spiro atoms. The first-order valence-electron chi connectivity index (χ1n) is 5.36. The first-order chi connectivity index (χ1) is 8.51. The van der Waals surface area contributed by atoms with Gasteiger partial charge in [-0.05, 0) is 30.3 Å². The van der Waals surface area contributed by atoms with Crippen LogP contribution in [-0.2, 0) is 22.6 Å². The van der Waals surface area contributed by atoms with Gasteiger partial charge in [0.1, 0.15) is 5.75 Å². The van der Waals surface area contributed by atoms with E-state index in [0.717, 1.165) is 0 Å². The molecule has 0 fully saturated rings. The average Bonchev–Trinajstić information content (AvgIpc) is 2.74. The molecule has 0 saturated heterocycles. The van der Waals surface area contributed by atoms with Crippen LogP contribution in [0.15, 0.2) is 41.4 Å². The molecule has 0 amide bonds. The Bertz CT molecular complexity index is 630. The van der Waals surface area contributed by atoms with E-state index in [1.165, 1.54) is 19.2 Å². The molecule has 0 unspecified atom stereocenters. The molecule has 0 saturated carbocycles. The van der Waals surface area contributed by atoms with Gasteiger partial charge < -0.3 is 4.74 Å². The number of benzene rings is 1. The third-order valence-electron chi connectivity index (χ3n) is 2.53. The molecule has 6 heteroatoms. The number of hydrogen-bond acceptors (Lipinski definition) is 4. The maximum Gasteiger partial charge on any atom is 0.184 e. The number of hydrogen-bond donors (Lipinski definition) is 0. The number of sulfone groups is 1. The van der Waals surface area contributed by atoms with Crippen LogP contribution in [0.2, 0.25) is 0 Å². The van der Waals surface area contributed by atoms with Crippen LogP contribution in [0.3, 0.4) is 0 Å². The van der Waals surface area contributed by atoms with E-state index in [2.05, 4.69) is 5.10 Å². The third-order valence-corrected chi connectivity index (χ3v) is 4.19. The predicted molar refractivity (Wildman–Crippen MR) is 67.1 cm³/mol. The maximum absolute atomic E-state index is 12.1. The van der Waals surface area contributed by atoms with Crippen LogP contribution in [-0.4, -0.2) is 25.3 Å². The van der Waals surface area contributed by atoms with Crippen LogP contribution in [0.4, 0.5) is 0 Å². The zero-order valence-corrected chi connectivity index (χ0v) is 11.0. The van der Waals surface area contributed by atoms with Crippen molar-refractivity contribution < 1.29 is 13.2 Å². The Hall–Kier alpha value is -1.82. The molecule has 0 bridgehead atoms. The summed E-state index contributed by atoms with van der Waals surface area (Å²) in [7, 11) is -0.0638. The number of aromatic nitrogens is 2. The molecule has 0 aliphatic rings. The molecule has 5 nitrogen and oxygen atoms in total. The first-order valence-corrected chi connectivity index (χ1v) is 7.02. The van der Waals surface area contributed by atoms with Crippen LogP contribution in [0, 0.1) is 0 Å². The molecule has 0 atom stereocenters. The van der Waals surface area contributed by atoms with Crippen molar-refractivity contribution in [3.63, 3.8) is 0 Å². The monoisotopic (exact) mass is 266 g/mol. The fourth-order valence-corrected chi connectivity index (χ4v) is 2.86. The number of methoxy groups -OCH3 is 1. The lowest BCUT2D eigenvalue weighted by Gasteiger charge is -2.04. The molecule has 2 rings (SSSR count). The van der Waals surface area contributed by atoms with Gasteiger partial charge in [-0.15, -0.1) is 0 Å². The fraction of sp³-hybridized carbons (Fsp3) is 0.250. The minimum Gasteiger partial charge on any atom is -0.497 e. The number of aryl methyl sites for hydroxylation is 1. The van der Waals surface area contributed by atoms with Gasteiger partial charge in [0.05, 0.1) is 23.5 Å². The van der Waals surface area contributed by atoms with Crippen LogP contribution in [0.25, 0.3) is 0 Å². The van der Waals surface area contributed by atoms with E-state index >= 15 is 0 Å². The standard InChI is InChI=1S/C12H14N2O3S/c1-14-8-7-10(13-14)9-18(15,16)12-5-3-11(17-2)4-6-12/h3-8H,9H2,1-2H3. The van der Waals surface area contributed by atoms with E-state index in [9.17, 15) is 8.42 Å². The van der Waals surface area contributed by atoms with E-state index in [1.807, 2.05) is 0 Å². The lowest BCUT2D eigenvalue weighted by molar-refractivity contribution is 0.414. The lowest BCUT2D eigenvalue weighted by Crippen LogP contribution is -2.06. The Morgan fingerprint density at radius 1 is 1.22 bits per heavy atom. The van der Waals surface area contributed by atoms with Crippen molar-refractivity contribution >= 4 is 9.84 Å². The Morgan fingerprint density at radius 2 is 1.89 bits per heavy atom. The van der Waals surface area contributed by atoms with Gasteiger partial charge in [0.15, 0.2) is 9.84 Å². The minimum atomic E-state index is -3.36. The molecule has 2 aromatic rings. The molecule has 1 heterocycles. The van der Waals surface area contributed by atoms with Crippen molar-refractivity contribution in [3.05, 3.63) is 42.2 Å². The third kappa shape index (κ3) is 2.70. The Labute approximate surface area is 106 Å². The van der Waals surface area contributed by atoms with Crippen molar-refractivity contribution in [2.75, 3.05) is 7.11 Å². The van der Waals surface area contributed by atoms with Gasteiger partial charge in [-0.25, -0.2) is 8.42 Å². The van der Waals surface area contributed by atoms with Gasteiger partial charge in [-0.1, -0.05) is 0 Å². The average molecular weight is 266 g/mol. The number of rotatable bonds is 4. The number of ether oxygens (including phenoxy) is 1. The van der Waals surface area contributed by atoms with Gasteiger partial charge in [-0.2, -0.15) is 5.10 Å². The number of nitrogens with zero attached hydrogens (tertiary/aromatic N) is 2. The molecule has 1 aromatic carbocycles. The van der Waals surface area contributed by atoms with E-state index in [4.69, 9.17) is 4.74 Å². The Kier molecular flexibility index (Phi) is 3.38. The van der Waals surface area contributed by atoms with Gasteiger partial charge in [-0.3, -0.25) is 4.68 Å². The van der Waals surface area contributed by atoms with Gasteiger partial charge in [0.25, 0.3) is 0 Å². The second kappa shape index (κ2) is 4.81. The SMILES string of the molecule is COc1ccc(S(=O)(=O)Cc2ccn(C)n2)cc1. The lowest BCUT2D eigenvalue weighted by atomic mass is 10.3. The van der Waals surface area contributed by atoms with Crippen LogP contribution >= 0.6 is 0 Å². The highest BCUT2D eigenvalue weighted by molar-refractivity contribution is 7.90. The van der Waals surface area contributed by atoms with Crippen molar-refractivity contribution in [3.8, 4) is 5.75 Å². The summed E-state index contributed by atoms with van der Waals surface area (Å²) >= 11 is 0. The molecule has 0 aliphatic carbocycles. The highest BCUT2D eigenvalue weighted by Crippen LogP contribution is 2.19. The summed E-state index contributed by atoms with van der Waals surface area (Å²) in [4.78, 5) is 0.272. The summed E-state index contributed by atoms with van der Waals surface area (Å²) < 4.78 is 30.8. The van der Waals surface area contributed by atoms with Crippen molar-refractivity contribution in [1.29, 1.82) is 0 Å². The fourth-order valence-electron chi connectivity index (χ4n) is 1.60. The van der Waals surface area contributed by atoms with Crippen molar-refractivity contribution in [2.45, 2.75) is 10.6 Å². The predicted octanol–water partition coefficient (Wildman–Crippen LogP) is 1.40. The normalized spacial score (nSPS) is 11.4. The highest BCUT2D eigenvalue weighted by Gasteiger charge is 2.16. The summed E-state index contributed by atoms with van der Waals surface area (Å²) in [6, 6.07) is 8.03. The zero-order valence-electron chi connectivity index (χ0n) is 10.2. The van der Waals surface area contributed by atoms with Gasteiger partial charge in [0, 0.05) is 13.2 Å². The van der Waals surface area contributed by atoms with Crippen molar-refractivity contribution in [1.82, 2.24) is 9.78 Å². The molecular weight excluding hydrogens is 252 g/mol. The van der Waals surface area contributed by atoms with Crippen LogP contribution in [0.5, 0.6) is 5.75 Å². The Balaban J connectivity index is 2.24. The second-order valence-electron chi connectivity index (χ2n) is 3.92. The first kappa shape index (κ1) is 12.6. The summed E-state index contributed by atoms with van der Waals surface area (Å²) in [6.07, 6.45) is 1.72. The summed E-state index contributed by atoms with van der Waals surface area (Å²) in [6.45, 7) is 0.